The lowest BCUT2D eigenvalue weighted by Gasteiger charge is -1.71. The maximum Gasteiger partial charge on any atom is 0.382 e. The highest BCUT2D eigenvalue weighted by molar-refractivity contribution is 8.17. The summed E-state index contributed by atoms with van der Waals surface area (Å²) in [4.78, 5) is 9.55. The first-order valence-corrected chi connectivity index (χ1v) is 3.93. The standard InChI is InChI=1S/C3HClO4S/c4-9(7,8)2-1-3(5)6/h(H,5,6). The van der Waals surface area contributed by atoms with Crippen LogP contribution in [0.4, 0.5) is 0 Å². The van der Waals surface area contributed by atoms with Crippen LogP contribution in [0, 0.1) is 11.2 Å². The summed E-state index contributed by atoms with van der Waals surface area (Å²) in [6.07, 6.45) is 0. The van der Waals surface area contributed by atoms with Crippen molar-refractivity contribution in [2.75, 3.05) is 0 Å². The van der Waals surface area contributed by atoms with Crippen LogP contribution in [0.1, 0.15) is 0 Å². The van der Waals surface area contributed by atoms with Gasteiger partial charge >= 0.3 is 15.0 Å². The van der Waals surface area contributed by atoms with Crippen molar-refractivity contribution in [3.63, 3.8) is 0 Å². The highest BCUT2D eigenvalue weighted by Gasteiger charge is 1.96. The number of hydrogen-bond acceptors (Lipinski definition) is 3. The lowest BCUT2D eigenvalue weighted by molar-refractivity contribution is -0.130. The Hall–Kier alpha value is -0.730. The van der Waals surface area contributed by atoms with Crippen molar-refractivity contribution in [3.05, 3.63) is 0 Å². The first-order chi connectivity index (χ1) is 3.92. The number of carboxylic acids is 1. The molecule has 0 saturated heterocycles. The summed E-state index contributed by atoms with van der Waals surface area (Å²) < 4.78 is 19.7. The largest absolute Gasteiger partial charge is 0.472 e. The van der Waals surface area contributed by atoms with Gasteiger partial charge in [-0.15, -0.1) is 0 Å². The van der Waals surface area contributed by atoms with Gasteiger partial charge in [0.15, 0.2) is 0 Å². The van der Waals surface area contributed by atoms with Crippen LogP contribution in [0.2, 0.25) is 0 Å². The van der Waals surface area contributed by atoms with Gasteiger partial charge in [-0.25, -0.2) is 4.79 Å². The molecule has 9 heavy (non-hydrogen) atoms. The smallest absolute Gasteiger partial charge is 0.382 e. The molecule has 0 fully saturated rings. The number of carboxylic acid groups (broad SMARTS) is 1. The predicted molar refractivity (Wildman–Crippen MR) is 30.2 cm³/mol. The summed E-state index contributed by atoms with van der Waals surface area (Å²) in [6, 6.07) is 0. The van der Waals surface area contributed by atoms with Gasteiger partial charge in [0, 0.05) is 16.6 Å². The summed E-state index contributed by atoms with van der Waals surface area (Å²) in [5, 5.41) is 9.09. The molecule has 50 valence electrons. The number of aliphatic carboxylic acids is 1. The Morgan fingerprint density at radius 3 is 2.11 bits per heavy atom. The molecule has 0 spiro atoms. The molecular weight excluding hydrogens is 168 g/mol. The van der Waals surface area contributed by atoms with Crippen LogP contribution in [0.3, 0.4) is 0 Å². The van der Waals surface area contributed by atoms with Gasteiger partial charge in [0.1, 0.15) is 0 Å². The fraction of sp³-hybridized carbons (Fsp3) is 0. The zero-order valence-electron chi connectivity index (χ0n) is 3.96. The Balaban J connectivity index is 4.42. The second-order valence-corrected chi connectivity index (χ2v) is 3.27. The minimum atomic E-state index is -3.99. The van der Waals surface area contributed by atoms with Crippen LogP contribution in [-0.2, 0) is 13.8 Å². The molecular formula is C3HClO4S. The number of halogens is 1. The molecule has 0 bridgehead atoms. The van der Waals surface area contributed by atoms with E-state index in [1.54, 1.807) is 0 Å². The maximum absolute atomic E-state index is 9.86. The molecule has 0 aliphatic carbocycles. The topological polar surface area (TPSA) is 71.4 Å². The highest BCUT2D eigenvalue weighted by Crippen LogP contribution is 1.90. The van der Waals surface area contributed by atoms with Crippen molar-refractivity contribution in [1.29, 1.82) is 0 Å². The van der Waals surface area contributed by atoms with Crippen molar-refractivity contribution < 1.29 is 18.3 Å². The Kier molecular flexibility index (Phi) is 2.49. The third-order valence-corrected chi connectivity index (χ3v) is 0.857. The molecule has 0 saturated carbocycles. The third kappa shape index (κ3) is 7.27. The van der Waals surface area contributed by atoms with E-state index in [1.165, 1.54) is 11.2 Å². The second-order valence-electron chi connectivity index (χ2n) is 0.970. The maximum atomic E-state index is 9.86. The first-order valence-electron chi connectivity index (χ1n) is 1.62. The number of hydrogen-bond donors (Lipinski definition) is 1. The third-order valence-electron chi connectivity index (χ3n) is 0.280. The molecule has 1 N–H and O–H groups in total. The second kappa shape index (κ2) is 2.71. The summed E-state index contributed by atoms with van der Waals surface area (Å²) >= 11 is 0. The van der Waals surface area contributed by atoms with E-state index >= 15 is 0 Å². The number of rotatable bonds is 0. The monoisotopic (exact) mass is 168 g/mol. The van der Waals surface area contributed by atoms with Crippen molar-refractivity contribution in [2.45, 2.75) is 0 Å². The van der Waals surface area contributed by atoms with Crippen LogP contribution in [0.25, 0.3) is 0 Å². The molecule has 6 heteroatoms. The fourth-order valence-corrected chi connectivity index (χ4v) is 0.430. The highest BCUT2D eigenvalue weighted by atomic mass is 35.7. The lowest BCUT2D eigenvalue weighted by atomic mass is 10.7. The van der Waals surface area contributed by atoms with E-state index in [4.69, 9.17) is 5.11 Å². The zero-order valence-corrected chi connectivity index (χ0v) is 5.53. The lowest BCUT2D eigenvalue weighted by Crippen LogP contribution is -1.89. The summed E-state index contributed by atoms with van der Waals surface area (Å²) in [6.45, 7) is 0. The molecule has 0 aromatic carbocycles. The van der Waals surface area contributed by atoms with Gasteiger partial charge in [0.05, 0.1) is 5.25 Å². The van der Waals surface area contributed by atoms with Crippen molar-refractivity contribution in [3.8, 4) is 11.2 Å². The summed E-state index contributed by atoms with van der Waals surface area (Å²) in [5.41, 5.74) is 0. The molecule has 0 atom stereocenters. The quantitative estimate of drug-likeness (QED) is 0.395. The van der Waals surface area contributed by atoms with E-state index < -0.39 is 15.0 Å². The van der Waals surface area contributed by atoms with E-state index in [1.807, 2.05) is 0 Å². The average Bonchev–Trinajstić information content (AvgIpc) is 1.59. The zero-order chi connectivity index (χ0) is 7.49. The van der Waals surface area contributed by atoms with Crippen LogP contribution >= 0.6 is 10.7 Å². The molecule has 4 nitrogen and oxygen atoms in total. The molecule has 0 aliphatic heterocycles. The Bertz CT molecular complexity index is 266. The average molecular weight is 169 g/mol. The molecule has 0 rings (SSSR count). The molecule has 0 heterocycles. The van der Waals surface area contributed by atoms with Gasteiger partial charge in [0.2, 0.25) is 0 Å². The van der Waals surface area contributed by atoms with Crippen LogP contribution in [-0.4, -0.2) is 19.5 Å². The Labute approximate surface area is 55.9 Å². The van der Waals surface area contributed by atoms with Crippen molar-refractivity contribution in [2.24, 2.45) is 0 Å². The van der Waals surface area contributed by atoms with Crippen LogP contribution < -0.4 is 0 Å². The van der Waals surface area contributed by atoms with Gasteiger partial charge < -0.3 is 5.11 Å². The molecule has 0 amide bonds. The molecule has 0 aliphatic rings. The minimum Gasteiger partial charge on any atom is -0.472 e. The van der Waals surface area contributed by atoms with E-state index in [0.717, 1.165) is 0 Å². The fourth-order valence-electron chi connectivity index (χ4n) is 0.105. The molecule has 0 aromatic heterocycles. The summed E-state index contributed by atoms with van der Waals surface area (Å²) in [7, 11) is 0.524. The number of carbonyl (C=O) groups is 1. The minimum absolute atomic E-state index is 1.31. The summed E-state index contributed by atoms with van der Waals surface area (Å²) in [5.74, 6) is -0.196. The van der Waals surface area contributed by atoms with E-state index in [9.17, 15) is 13.2 Å². The van der Waals surface area contributed by atoms with Gasteiger partial charge in [0.25, 0.3) is 0 Å². The van der Waals surface area contributed by atoms with Crippen molar-refractivity contribution >= 4 is 25.7 Å². The van der Waals surface area contributed by atoms with E-state index in [2.05, 4.69) is 10.7 Å². The predicted octanol–water partition coefficient (Wildman–Crippen LogP) is -0.399. The molecule has 0 unspecified atom stereocenters. The van der Waals surface area contributed by atoms with Crippen LogP contribution in [0.15, 0.2) is 0 Å². The SMILES string of the molecule is O=C(O)C#CS(=O)(=O)Cl. The van der Waals surface area contributed by atoms with Gasteiger partial charge in [-0.2, -0.15) is 8.42 Å². The van der Waals surface area contributed by atoms with E-state index in [0.29, 0.717) is 0 Å². The van der Waals surface area contributed by atoms with Gasteiger partial charge in [-0.05, 0) is 0 Å². The van der Waals surface area contributed by atoms with E-state index in [-0.39, 0.29) is 0 Å². The Morgan fingerprint density at radius 1 is 1.56 bits per heavy atom. The van der Waals surface area contributed by atoms with Crippen molar-refractivity contribution in [1.82, 2.24) is 0 Å². The van der Waals surface area contributed by atoms with Gasteiger partial charge in [-0.3, -0.25) is 0 Å². The normalized spacial score (nSPS) is 9.44. The first kappa shape index (κ1) is 8.27. The molecule has 0 aromatic rings. The van der Waals surface area contributed by atoms with Gasteiger partial charge in [-0.1, -0.05) is 0 Å². The molecule has 0 radical (unpaired) electrons. The van der Waals surface area contributed by atoms with Crippen LogP contribution in [0.5, 0.6) is 0 Å². The Morgan fingerprint density at radius 2 is 2.00 bits per heavy atom.